The number of anilines is 2. The number of phosphoric ester groups is 1. The third kappa shape index (κ3) is 7.26. The highest BCUT2D eigenvalue weighted by Crippen LogP contribution is 2.64. The molecular formula is C20H24BN10O15P3-3. The Kier molecular flexibility index (Phi) is 9.69. The van der Waals surface area contributed by atoms with E-state index in [1.54, 1.807) is 0 Å². The fourth-order valence-corrected chi connectivity index (χ4v) is 8.52. The molecule has 11 atom stereocenters. The van der Waals surface area contributed by atoms with Gasteiger partial charge in [0.25, 0.3) is 15.6 Å². The third-order valence-electron chi connectivity index (χ3n) is 7.23. The van der Waals surface area contributed by atoms with Gasteiger partial charge in [-0.05, 0) is 0 Å². The van der Waals surface area contributed by atoms with Gasteiger partial charge in [-0.3, -0.25) is 22.6 Å². The summed E-state index contributed by atoms with van der Waals surface area (Å²) in [6.07, 6.45) is -7.94. The number of hydrogen-bond acceptors (Lipinski definition) is 23. The van der Waals surface area contributed by atoms with Crippen molar-refractivity contribution in [3.63, 3.8) is 0 Å². The average molecular weight is 748 g/mol. The van der Waals surface area contributed by atoms with Gasteiger partial charge in [-0.2, -0.15) is 0 Å². The lowest BCUT2D eigenvalue weighted by Gasteiger charge is -2.36. The van der Waals surface area contributed by atoms with Gasteiger partial charge in [-0.1, -0.05) is 0 Å². The Labute approximate surface area is 273 Å². The van der Waals surface area contributed by atoms with Gasteiger partial charge >= 0.3 is 0 Å². The molecule has 265 valence electrons. The van der Waals surface area contributed by atoms with Crippen LogP contribution in [0.1, 0.15) is 12.5 Å². The van der Waals surface area contributed by atoms with Crippen LogP contribution in [0.3, 0.4) is 0 Å². The van der Waals surface area contributed by atoms with Gasteiger partial charge in [0.15, 0.2) is 35.4 Å². The molecule has 3 unspecified atom stereocenters. The number of fused-ring (bicyclic) bond motifs is 2. The molecule has 6 rings (SSSR count). The number of aromatic nitrogens is 8. The van der Waals surface area contributed by atoms with E-state index in [0.717, 1.165) is 12.7 Å². The van der Waals surface area contributed by atoms with E-state index in [9.17, 15) is 43.9 Å². The number of nitrogens with zero attached hydrogens (tertiary/aromatic N) is 8. The van der Waals surface area contributed by atoms with Gasteiger partial charge in [-0.15, -0.1) is 0 Å². The molecule has 2 aliphatic heterocycles. The number of hydrogen-bond donors (Lipinski definition) is 6. The Morgan fingerprint density at radius 1 is 0.714 bits per heavy atom. The van der Waals surface area contributed by atoms with E-state index in [1.807, 2.05) is 0 Å². The summed E-state index contributed by atoms with van der Waals surface area (Å²) in [5.74, 6) is 0.0325. The highest BCUT2D eigenvalue weighted by Gasteiger charge is 2.46. The van der Waals surface area contributed by atoms with E-state index in [4.69, 9.17) is 33.0 Å². The first-order valence-corrected chi connectivity index (χ1v) is 18.1. The molecule has 0 saturated carbocycles. The number of phosphoric acid groups is 2. The molecule has 8 N–H and O–H groups in total. The van der Waals surface area contributed by atoms with Gasteiger partial charge in [0, 0.05) is 0 Å². The maximum absolute atomic E-state index is 12.6. The minimum absolute atomic E-state index is 0.0105. The number of nitrogen functional groups attached to an aromatic ring is 2. The molecular weight excluding hydrogens is 724 g/mol. The fourth-order valence-electron chi connectivity index (χ4n) is 4.97. The Balaban J connectivity index is 1.03. The second-order valence-corrected chi connectivity index (χ2v) is 15.1. The number of nitrogens with two attached hydrogens (primary N) is 2. The fraction of sp³-hybridized carbons (Fsp3) is 0.500. The molecule has 2 fully saturated rings. The van der Waals surface area contributed by atoms with E-state index in [0.29, 0.717) is 0 Å². The summed E-state index contributed by atoms with van der Waals surface area (Å²) in [5.41, 5.74) is 12.0. The zero-order valence-electron chi connectivity index (χ0n) is 24.3. The standard InChI is InChI=1S/C20H26BN10O15P3/c21-47(36,41-1-7-11(32)13(34)19(43-7)30-5-28-9-15(22)24-3-26-17(9)30)45-49(39,40)46-48(37,38)42-2-8-12(33)14(35)20(44-8)31-6-29-10-16(23)25-4-27-18(10)31/h3-8,11-14,19-20,32-35H,1-2H2,(H,37,38)(H,39,40)(H2,22,24,26)(H2,23,25,27)/q-1/p-2/t7-,8-,11-,12-,13-,14-,19-,20-,47?/m1/s1. The predicted molar refractivity (Wildman–Crippen MR) is 154 cm³/mol. The Morgan fingerprint density at radius 2 is 1.16 bits per heavy atom. The molecule has 0 aliphatic carbocycles. The SMILES string of the molecule is [B-]P(=O)(OC[C@H]1O[C@@H](n2cnc3c(N)ncnc32)[C@H](O)[C@@H]1O)OP(=O)([O-])OP(=O)([O-])OC[C@H]1O[C@@H](n2cnc3c(N)ncnc32)[C@H](O)[C@@H]1O. The van der Waals surface area contributed by atoms with Crippen molar-refractivity contribution in [1.82, 2.24) is 39.0 Å². The smallest absolute Gasteiger partial charge is 0.279 e. The van der Waals surface area contributed by atoms with Gasteiger partial charge < -0.3 is 72.3 Å². The lowest BCUT2D eigenvalue weighted by Crippen LogP contribution is -2.34. The maximum atomic E-state index is 12.6. The van der Waals surface area contributed by atoms with E-state index >= 15 is 0 Å². The molecule has 2 saturated heterocycles. The first-order valence-electron chi connectivity index (χ1n) is 13.6. The Bertz CT molecular complexity index is 1870. The van der Waals surface area contributed by atoms with Crippen molar-refractivity contribution in [2.24, 2.45) is 0 Å². The molecule has 29 heteroatoms. The van der Waals surface area contributed by atoms with Gasteiger partial charge in [0.2, 0.25) is 0 Å². The molecule has 0 spiro atoms. The number of imidazole rings is 2. The minimum atomic E-state index is -6.13. The van der Waals surface area contributed by atoms with Crippen molar-refractivity contribution in [3.8, 4) is 0 Å². The Hall–Kier alpha value is -3.03. The topological polar surface area (TPSA) is 373 Å². The molecule has 3 radical (unpaired) electrons. The summed E-state index contributed by atoms with van der Waals surface area (Å²) < 4.78 is 67.9. The molecule has 49 heavy (non-hydrogen) atoms. The van der Waals surface area contributed by atoms with Crippen LogP contribution in [0.4, 0.5) is 11.6 Å². The number of rotatable bonds is 12. The van der Waals surface area contributed by atoms with Crippen LogP contribution in [0.5, 0.6) is 0 Å². The van der Waals surface area contributed by atoms with Crippen molar-refractivity contribution in [3.05, 3.63) is 25.3 Å². The van der Waals surface area contributed by atoms with Crippen LogP contribution in [0.25, 0.3) is 22.3 Å². The zero-order valence-corrected chi connectivity index (χ0v) is 27.0. The molecule has 0 bridgehead atoms. The maximum Gasteiger partial charge on any atom is 0.279 e. The first kappa shape index (κ1) is 35.8. The van der Waals surface area contributed by atoms with Gasteiger partial charge in [-0.25, -0.2) is 34.2 Å². The largest absolute Gasteiger partial charge is 0.756 e. The van der Waals surface area contributed by atoms with Crippen LogP contribution >= 0.6 is 23.1 Å². The molecule has 4 aromatic heterocycles. The van der Waals surface area contributed by atoms with Crippen molar-refractivity contribution in [2.75, 3.05) is 24.7 Å². The average Bonchev–Trinajstić information content (AvgIpc) is 3.77. The van der Waals surface area contributed by atoms with Gasteiger partial charge in [0.1, 0.15) is 60.3 Å². The molecule has 4 aromatic rings. The van der Waals surface area contributed by atoms with Crippen LogP contribution in [0.15, 0.2) is 25.3 Å². The molecule has 0 aromatic carbocycles. The van der Waals surface area contributed by atoms with E-state index in [-0.39, 0.29) is 34.0 Å². The predicted octanol–water partition coefficient (Wildman–Crippen LogP) is -3.65. The van der Waals surface area contributed by atoms with Crippen molar-refractivity contribution < 1.29 is 71.1 Å². The van der Waals surface area contributed by atoms with E-state index in [2.05, 4.69) is 43.0 Å². The number of aliphatic hydroxyl groups is 4. The van der Waals surface area contributed by atoms with Crippen molar-refractivity contribution >= 4 is 64.6 Å². The van der Waals surface area contributed by atoms with Crippen LogP contribution in [-0.2, 0) is 40.8 Å². The highest BCUT2D eigenvalue weighted by molar-refractivity contribution is 7.84. The van der Waals surface area contributed by atoms with E-state index < -0.39 is 85.4 Å². The summed E-state index contributed by atoms with van der Waals surface area (Å²) >= 11 is 0. The Morgan fingerprint density at radius 3 is 1.63 bits per heavy atom. The third-order valence-corrected chi connectivity index (χ3v) is 11.5. The summed E-state index contributed by atoms with van der Waals surface area (Å²) in [6.45, 7) is -2.02. The molecule has 6 heterocycles. The van der Waals surface area contributed by atoms with E-state index in [1.165, 1.54) is 21.8 Å². The summed E-state index contributed by atoms with van der Waals surface area (Å²) in [4.78, 5) is 48.2. The molecule has 25 nitrogen and oxygen atoms in total. The molecule has 0 amide bonds. The number of aliphatic hydroxyl groups excluding tert-OH is 4. The van der Waals surface area contributed by atoms with Crippen LogP contribution < -0.4 is 21.3 Å². The zero-order chi connectivity index (χ0) is 35.5. The van der Waals surface area contributed by atoms with Gasteiger partial charge in [0.05, 0.1) is 33.3 Å². The van der Waals surface area contributed by atoms with Crippen LogP contribution in [0, 0.1) is 0 Å². The van der Waals surface area contributed by atoms with Crippen molar-refractivity contribution in [1.29, 1.82) is 0 Å². The second-order valence-electron chi connectivity index (χ2n) is 10.4. The summed E-state index contributed by atoms with van der Waals surface area (Å²) in [7, 11) is -11.9. The monoisotopic (exact) mass is 748 g/mol. The number of ether oxygens (including phenoxy) is 2. The highest BCUT2D eigenvalue weighted by atomic mass is 31.3. The van der Waals surface area contributed by atoms with Crippen molar-refractivity contribution in [2.45, 2.75) is 49.1 Å². The molecule has 2 aliphatic rings. The first-order chi connectivity index (χ1) is 23.0. The summed E-state index contributed by atoms with van der Waals surface area (Å²) in [6, 6.07) is 0. The second kappa shape index (κ2) is 13.3. The van der Waals surface area contributed by atoms with Crippen LogP contribution in [-0.4, -0.2) is 117 Å². The quantitative estimate of drug-likeness (QED) is 0.0600. The lowest BCUT2D eigenvalue weighted by molar-refractivity contribution is -0.241. The van der Waals surface area contributed by atoms with Crippen LogP contribution in [0.2, 0.25) is 0 Å². The lowest BCUT2D eigenvalue weighted by atomic mass is 10.1. The minimum Gasteiger partial charge on any atom is -0.756 e. The summed E-state index contributed by atoms with van der Waals surface area (Å²) in [5, 5.41) is 41.8. The normalized spacial score (nSPS) is 31.2.